The molecule has 0 radical (unpaired) electrons. The molecule has 2 aromatic rings. The van der Waals surface area contributed by atoms with Crippen LogP contribution in [0.1, 0.15) is 22.3 Å². The molecule has 136 valence electrons. The lowest BCUT2D eigenvalue weighted by molar-refractivity contribution is -0.132. The zero-order valence-corrected chi connectivity index (χ0v) is 15.1. The smallest absolute Gasteiger partial charge is 0.254 e. The third-order valence-electron chi connectivity index (χ3n) is 4.56. The largest absolute Gasteiger partial charge is 0.339 e. The number of hydrogen-bond donors (Lipinski definition) is 0. The molecule has 1 saturated heterocycles. The van der Waals surface area contributed by atoms with Crippen LogP contribution in [0.2, 0.25) is 5.02 Å². The molecule has 0 atom stereocenters. The highest BCUT2D eigenvalue weighted by molar-refractivity contribution is 6.30. The van der Waals surface area contributed by atoms with Gasteiger partial charge >= 0.3 is 0 Å². The second-order valence-corrected chi connectivity index (χ2v) is 6.71. The van der Waals surface area contributed by atoms with Crippen LogP contribution < -0.4 is 0 Å². The summed E-state index contributed by atoms with van der Waals surface area (Å²) in [6.07, 6.45) is 0.649. The highest BCUT2D eigenvalue weighted by Crippen LogP contribution is 2.15. The van der Waals surface area contributed by atoms with E-state index in [9.17, 15) is 14.0 Å². The SMILES string of the molecule is O=C(CCc1ccccc1F)N1CCN(C(=O)c2cccc(Cl)c2)CC1. The van der Waals surface area contributed by atoms with Crippen molar-refractivity contribution < 1.29 is 14.0 Å². The van der Waals surface area contributed by atoms with Gasteiger partial charge in [-0.15, -0.1) is 0 Å². The number of nitrogens with zero attached hydrogens (tertiary/aromatic N) is 2. The monoisotopic (exact) mass is 374 g/mol. The second-order valence-electron chi connectivity index (χ2n) is 6.27. The molecule has 6 heteroatoms. The zero-order valence-electron chi connectivity index (χ0n) is 14.3. The predicted octanol–water partition coefficient (Wildman–Crippen LogP) is 3.40. The number of amides is 2. The fourth-order valence-corrected chi connectivity index (χ4v) is 3.25. The van der Waals surface area contributed by atoms with Crippen molar-refractivity contribution >= 4 is 23.4 Å². The summed E-state index contributed by atoms with van der Waals surface area (Å²) in [5.74, 6) is -0.369. The maximum Gasteiger partial charge on any atom is 0.254 e. The van der Waals surface area contributed by atoms with E-state index >= 15 is 0 Å². The Hall–Kier alpha value is -2.40. The number of rotatable bonds is 4. The number of piperazine rings is 1. The first kappa shape index (κ1) is 18.4. The quantitative estimate of drug-likeness (QED) is 0.823. The van der Waals surface area contributed by atoms with Crippen molar-refractivity contribution in [3.8, 4) is 0 Å². The van der Waals surface area contributed by atoms with Crippen LogP contribution in [-0.2, 0) is 11.2 Å². The Morgan fingerprint density at radius 3 is 2.35 bits per heavy atom. The van der Waals surface area contributed by atoms with Gasteiger partial charge in [-0.3, -0.25) is 9.59 Å². The van der Waals surface area contributed by atoms with Gasteiger partial charge in [0.05, 0.1) is 0 Å². The lowest BCUT2D eigenvalue weighted by atomic mass is 10.1. The standard InChI is InChI=1S/C20H20ClFN2O2/c21-17-6-3-5-16(14-17)20(26)24-12-10-23(11-13-24)19(25)9-8-15-4-1-2-7-18(15)22/h1-7,14H,8-13H2. The van der Waals surface area contributed by atoms with Crippen LogP contribution >= 0.6 is 11.6 Å². The Labute approximate surface area is 157 Å². The van der Waals surface area contributed by atoms with E-state index in [0.717, 1.165) is 0 Å². The summed E-state index contributed by atoms with van der Waals surface area (Å²) in [5.41, 5.74) is 1.10. The van der Waals surface area contributed by atoms with Gasteiger partial charge in [-0.25, -0.2) is 4.39 Å². The molecule has 3 rings (SSSR count). The van der Waals surface area contributed by atoms with E-state index in [0.29, 0.717) is 48.7 Å². The molecule has 0 N–H and O–H groups in total. The molecule has 1 aliphatic heterocycles. The molecule has 0 aliphatic carbocycles. The third-order valence-corrected chi connectivity index (χ3v) is 4.79. The average molecular weight is 375 g/mol. The van der Waals surface area contributed by atoms with Gasteiger partial charge in [-0.05, 0) is 36.2 Å². The van der Waals surface area contributed by atoms with Gasteiger partial charge < -0.3 is 9.80 Å². The van der Waals surface area contributed by atoms with E-state index in [2.05, 4.69) is 0 Å². The van der Waals surface area contributed by atoms with Gasteiger partial charge in [0.25, 0.3) is 5.91 Å². The van der Waals surface area contributed by atoms with Crippen molar-refractivity contribution in [3.05, 3.63) is 70.5 Å². The van der Waals surface area contributed by atoms with Gasteiger partial charge in [0.2, 0.25) is 5.91 Å². The van der Waals surface area contributed by atoms with Crippen LogP contribution in [0.5, 0.6) is 0 Å². The molecule has 4 nitrogen and oxygen atoms in total. The first-order valence-corrected chi connectivity index (χ1v) is 8.98. The summed E-state index contributed by atoms with van der Waals surface area (Å²) in [7, 11) is 0. The number of benzene rings is 2. The lowest BCUT2D eigenvalue weighted by Gasteiger charge is -2.35. The van der Waals surface area contributed by atoms with Crippen molar-refractivity contribution in [1.82, 2.24) is 9.80 Å². The van der Waals surface area contributed by atoms with Gasteiger partial charge in [-0.2, -0.15) is 0 Å². The van der Waals surface area contributed by atoms with Crippen LogP contribution in [0.3, 0.4) is 0 Å². The molecule has 0 aromatic heterocycles. The number of carbonyl (C=O) groups excluding carboxylic acids is 2. The van der Waals surface area contributed by atoms with Crippen molar-refractivity contribution in [1.29, 1.82) is 0 Å². The summed E-state index contributed by atoms with van der Waals surface area (Å²) in [4.78, 5) is 28.3. The third kappa shape index (κ3) is 4.41. The minimum Gasteiger partial charge on any atom is -0.339 e. The molecule has 0 spiro atoms. The Morgan fingerprint density at radius 1 is 0.962 bits per heavy atom. The summed E-state index contributed by atoms with van der Waals surface area (Å²) in [5, 5.41) is 0.526. The summed E-state index contributed by atoms with van der Waals surface area (Å²) in [6, 6.07) is 13.4. The molecular formula is C20H20ClFN2O2. The summed E-state index contributed by atoms with van der Waals surface area (Å²) >= 11 is 5.94. The van der Waals surface area contributed by atoms with E-state index in [1.807, 2.05) is 0 Å². The summed E-state index contributed by atoms with van der Waals surface area (Å²) in [6.45, 7) is 1.94. The van der Waals surface area contributed by atoms with Gasteiger partial charge in [0, 0.05) is 43.2 Å². The first-order valence-electron chi connectivity index (χ1n) is 8.60. The molecule has 26 heavy (non-hydrogen) atoms. The topological polar surface area (TPSA) is 40.6 Å². The molecule has 2 aromatic carbocycles. The summed E-state index contributed by atoms with van der Waals surface area (Å²) < 4.78 is 13.6. The van der Waals surface area contributed by atoms with E-state index < -0.39 is 0 Å². The van der Waals surface area contributed by atoms with Crippen molar-refractivity contribution in [2.24, 2.45) is 0 Å². The second kappa shape index (κ2) is 8.32. The fourth-order valence-electron chi connectivity index (χ4n) is 3.06. The van der Waals surface area contributed by atoms with E-state index in [4.69, 9.17) is 11.6 Å². The van der Waals surface area contributed by atoms with Crippen LogP contribution in [0, 0.1) is 5.82 Å². The average Bonchev–Trinajstić information content (AvgIpc) is 2.66. The maximum atomic E-state index is 13.6. The zero-order chi connectivity index (χ0) is 18.5. The van der Waals surface area contributed by atoms with E-state index in [1.165, 1.54) is 6.07 Å². The number of hydrogen-bond acceptors (Lipinski definition) is 2. The minimum atomic E-state index is -0.280. The molecule has 1 fully saturated rings. The molecule has 0 unspecified atom stereocenters. The number of halogens is 2. The number of aryl methyl sites for hydroxylation is 1. The highest BCUT2D eigenvalue weighted by atomic mass is 35.5. The van der Waals surface area contributed by atoms with Crippen LogP contribution in [0.15, 0.2) is 48.5 Å². The van der Waals surface area contributed by atoms with Crippen LogP contribution in [-0.4, -0.2) is 47.8 Å². The Bertz CT molecular complexity index is 804. The van der Waals surface area contributed by atoms with Crippen molar-refractivity contribution in [2.75, 3.05) is 26.2 Å². The minimum absolute atomic E-state index is 0.0110. The van der Waals surface area contributed by atoms with E-state index in [1.54, 1.807) is 52.3 Å². The lowest BCUT2D eigenvalue weighted by Crippen LogP contribution is -2.50. The van der Waals surface area contributed by atoms with E-state index in [-0.39, 0.29) is 24.1 Å². The molecule has 0 saturated carbocycles. The van der Waals surface area contributed by atoms with Crippen LogP contribution in [0.4, 0.5) is 4.39 Å². The normalized spacial score (nSPS) is 14.4. The predicted molar refractivity (Wildman–Crippen MR) is 98.7 cm³/mol. The Kier molecular flexibility index (Phi) is 5.89. The molecule has 0 bridgehead atoms. The van der Waals surface area contributed by atoms with Gasteiger partial charge in [0.1, 0.15) is 5.82 Å². The maximum absolute atomic E-state index is 13.6. The number of carbonyl (C=O) groups is 2. The fraction of sp³-hybridized carbons (Fsp3) is 0.300. The van der Waals surface area contributed by atoms with Crippen LogP contribution in [0.25, 0.3) is 0 Å². The van der Waals surface area contributed by atoms with Gasteiger partial charge in [0.15, 0.2) is 0 Å². The van der Waals surface area contributed by atoms with Gasteiger partial charge in [-0.1, -0.05) is 35.9 Å². The highest BCUT2D eigenvalue weighted by Gasteiger charge is 2.24. The molecule has 2 amide bonds. The first-order chi connectivity index (χ1) is 12.5. The molecular weight excluding hydrogens is 355 g/mol. The molecule has 1 aliphatic rings. The van der Waals surface area contributed by atoms with Crippen molar-refractivity contribution in [2.45, 2.75) is 12.8 Å². The Morgan fingerprint density at radius 2 is 1.65 bits per heavy atom. The molecule has 1 heterocycles. The van der Waals surface area contributed by atoms with Crippen molar-refractivity contribution in [3.63, 3.8) is 0 Å². The Balaban J connectivity index is 1.51.